The fraction of sp³-hybridized carbons (Fsp3) is 0.615. The van der Waals surface area contributed by atoms with Gasteiger partial charge in [0.25, 0.3) is 0 Å². The smallest absolute Gasteiger partial charge is 0.314 e. The zero-order valence-electron chi connectivity index (χ0n) is 10.8. The molecule has 1 aromatic rings. The largest absolute Gasteiger partial charge is 0.417 e. The number of nitrogens with zero attached hydrogens (tertiary/aromatic N) is 1. The summed E-state index contributed by atoms with van der Waals surface area (Å²) in [5.41, 5.74) is -0.805. The standard InChI is InChI=1S/C13H16ClF3N2S/c14-11-7-9(13(15,16)17)8-19-12(11)20-6-2-1-5-18-10-3-4-10/h7-8,10,18H,1-6H2. The normalized spacial score (nSPS) is 15.6. The Labute approximate surface area is 125 Å². The van der Waals surface area contributed by atoms with Crippen molar-refractivity contribution in [2.24, 2.45) is 0 Å². The van der Waals surface area contributed by atoms with Crippen LogP contribution in [0.15, 0.2) is 17.3 Å². The minimum absolute atomic E-state index is 0.0703. The molecule has 0 aromatic carbocycles. The molecule has 1 heterocycles. The number of hydrogen-bond acceptors (Lipinski definition) is 3. The van der Waals surface area contributed by atoms with E-state index in [1.54, 1.807) is 0 Å². The lowest BCUT2D eigenvalue weighted by molar-refractivity contribution is -0.137. The molecule has 0 saturated heterocycles. The van der Waals surface area contributed by atoms with E-state index in [1.165, 1.54) is 24.6 Å². The third-order valence-corrected chi connectivity index (χ3v) is 4.45. The second-order valence-electron chi connectivity index (χ2n) is 4.79. The number of pyridine rings is 1. The van der Waals surface area contributed by atoms with Gasteiger partial charge >= 0.3 is 6.18 Å². The molecule has 1 aliphatic carbocycles. The molecular weight excluding hydrogens is 309 g/mol. The maximum absolute atomic E-state index is 12.4. The molecule has 2 nitrogen and oxygen atoms in total. The Kier molecular flexibility index (Phi) is 5.57. The Morgan fingerprint density at radius 1 is 1.35 bits per heavy atom. The van der Waals surface area contributed by atoms with Gasteiger partial charge in [0.1, 0.15) is 5.03 Å². The van der Waals surface area contributed by atoms with Crippen LogP contribution in [-0.4, -0.2) is 23.3 Å². The Bertz CT molecular complexity index is 450. The minimum Gasteiger partial charge on any atom is -0.314 e. The highest BCUT2D eigenvalue weighted by atomic mass is 35.5. The van der Waals surface area contributed by atoms with Crippen molar-refractivity contribution in [3.8, 4) is 0 Å². The van der Waals surface area contributed by atoms with Gasteiger partial charge in [-0.1, -0.05) is 11.6 Å². The number of rotatable bonds is 7. The second kappa shape index (κ2) is 7.00. The summed E-state index contributed by atoms with van der Waals surface area (Å²) < 4.78 is 37.3. The van der Waals surface area contributed by atoms with Gasteiger partial charge < -0.3 is 5.32 Å². The van der Waals surface area contributed by atoms with Crippen molar-refractivity contribution < 1.29 is 13.2 Å². The van der Waals surface area contributed by atoms with E-state index in [2.05, 4.69) is 10.3 Å². The van der Waals surface area contributed by atoms with Crippen molar-refractivity contribution in [3.63, 3.8) is 0 Å². The minimum atomic E-state index is -4.39. The third-order valence-electron chi connectivity index (χ3n) is 2.96. The molecule has 0 atom stereocenters. The first-order valence-corrected chi connectivity index (χ1v) is 7.92. The number of aromatic nitrogens is 1. The van der Waals surface area contributed by atoms with E-state index in [-0.39, 0.29) is 5.02 Å². The van der Waals surface area contributed by atoms with Crippen molar-refractivity contribution in [3.05, 3.63) is 22.8 Å². The van der Waals surface area contributed by atoms with E-state index in [0.717, 1.165) is 37.4 Å². The van der Waals surface area contributed by atoms with Gasteiger partial charge in [-0.2, -0.15) is 13.2 Å². The average molecular weight is 325 g/mol. The van der Waals surface area contributed by atoms with Crippen LogP contribution in [0.4, 0.5) is 13.2 Å². The Morgan fingerprint density at radius 2 is 2.10 bits per heavy atom. The summed E-state index contributed by atoms with van der Waals surface area (Å²) in [4.78, 5) is 3.80. The summed E-state index contributed by atoms with van der Waals surface area (Å²) in [6.07, 6.45) is 1.04. The molecule has 0 spiro atoms. The van der Waals surface area contributed by atoms with Gasteiger partial charge in [0, 0.05) is 12.2 Å². The quantitative estimate of drug-likeness (QED) is 0.595. The number of unbranched alkanes of at least 4 members (excludes halogenated alkanes) is 1. The molecule has 0 aliphatic heterocycles. The fourth-order valence-corrected chi connectivity index (χ4v) is 2.87. The molecule has 0 amide bonds. The highest BCUT2D eigenvalue weighted by molar-refractivity contribution is 7.99. The number of hydrogen-bond donors (Lipinski definition) is 1. The van der Waals surface area contributed by atoms with Gasteiger partial charge in [-0.25, -0.2) is 4.98 Å². The van der Waals surface area contributed by atoms with Crippen LogP contribution >= 0.6 is 23.4 Å². The van der Waals surface area contributed by atoms with E-state index in [0.29, 0.717) is 11.1 Å². The van der Waals surface area contributed by atoms with Gasteiger partial charge in [-0.3, -0.25) is 0 Å². The van der Waals surface area contributed by atoms with Crippen molar-refractivity contribution in [1.29, 1.82) is 0 Å². The van der Waals surface area contributed by atoms with Crippen LogP contribution in [-0.2, 0) is 6.18 Å². The van der Waals surface area contributed by atoms with Crippen molar-refractivity contribution in [2.45, 2.75) is 42.9 Å². The molecule has 1 fully saturated rings. The summed E-state index contributed by atoms with van der Waals surface area (Å²) in [6.45, 7) is 0.999. The summed E-state index contributed by atoms with van der Waals surface area (Å²) in [6, 6.07) is 1.65. The van der Waals surface area contributed by atoms with Crippen LogP contribution in [0.5, 0.6) is 0 Å². The van der Waals surface area contributed by atoms with Crippen molar-refractivity contribution in [2.75, 3.05) is 12.3 Å². The van der Waals surface area contributed by atoms with Crippen LogP contribution < -0.4 is 5.32 Å². The van der Waals surface area contributed by atoms with E-state index in [1.807, 2.05) is 0 Å². The van der Waals surface area contributed by atoms with E-state index in [9.17, 15) is 13.2 Å². The predicted octanol–water partition coefficient (Wildman–Crippen LogP) is 4.38. The van der Waals surface area contributed by atoms with Gasteiger partial charge in [0.2, 0.25) is 0 Å². The summed E-state index contributed by atoms with van der Waals surface area (Å²) in [5, 5.41) is 3.95. The van der Waals surface area contributed by atoms with Gasteiger partial charge in [-0.15, -0.1) is 11.8 Å². The number of nitrogens with one attached hydrogen (secondary N) is 1. The first kappa shape index (κ1) is 15.9. The monoisotopic (exact) mass is 324 g/mol. The molecule has 1 saturated carbocycles. The van der Waals surface area contributed by atoms with Crippen molar-refractivity contribution in [1.82, 2.24) is 10.3 Å². The van der Waals surface area contributed by atoms with E-state index in [4.69, 9.17) is 11.6 Å². The first-order chi connectivity index (χ1) is 9.47. The van der Waals surface area contributed by atoms with Crippen LogP contribution in [0.1, 0.15) is 31.2 Å². The van der Waals surface area contributed by atoms with E-state index >= 15 is 0 Å². The molecule has 20 heavy (non-hydrogen) atoms. The maximum Gasteiger partial charge on any atom is 0.417 e. The molecule has 1 aliphatic rings. The average Bonchev–Trinajstić information content (AvgIpc) is 3.18. The van der Waals surface area contributed by atoms with Gasteiger partial charge in [-0.05, 0) is 44.0 Å². The molecule has 2 rings (SSSR count). The zero-order valence-corrected chi connectivity index (χ0v) is 12.4. The summed E-state index contributed by atoms with van der Waals surface area (Å²) >= 11 is 7.23. The zero-order chi connectivity index (χ0) is 14.6. The molecule has 1 aromatic heterocycles. The van der Waals surface area contributed by atoms with Crippen LogP contribution in [0.2, 0.25) is 5.02 Å². The molecule has 7 heteroatoms. The fourth-order valence-electron chi connectivity index (χ4n) is 1.68. The number of alkyl halides is 3. The van der Waals surface area contributed by atoms with Crippen LogP contribution in [0, 0.1) is 0 Å². The predicted molar refractivity (Wildman–Crippen MR) is 75.2 cm³/mol. The molecule has 0 radical (unpaired) electrons. The Morgan fingerprint density at radius 3 is 2.70 bits per heavy atom. The summed E-state index contributed by atoms with van der Waals surface area (Å²) in [5.74, 6) is 0.810. The topological polar surface area (TPSA) is 24.9 Å². The van der Waals surface area contributed by atoms with Gasteiger partial charge in [0.15, 0.2) is 0 Å². The molecule has 112 valence electrons. The Balaban J connectivity index is 1.72. The van der Waals surface area contributed by atoms with E-state index < -0.39 is 11.7 Å². The lowest BCUT2D eigenvalue weighted by Gasteiger charge is -2.08. The number of thioether (sulfide) groups is 1. The molecular formula is C13H16ClF3N2S. The first-order valence-electron chi connectivity index (χ1n) is 6.56. The highest BCUT2D eigenvalue weighted by Crippen LogP contribution is 2.33. The summed E-state index contributed by atoms with van der Waals surface area (Å²) in [7, 11) is 0. The lowest BCUT2D eigenvalue weighted by atomic mass is 10.3. The molecule has 0 bridgehead atoms. The Hall–Kier alpha value is -0.460. The lowest BCUT2D eigenvalue weighted by Crippen LogP contribution is -2.17. The molecule has 0 unspecified atom stereocenters. The third kappa shape index (κ3) is 5.14. The molecule has 1 N–H and O–H groups in total. The van der Waals surface area contributed by atoms with Gasteiger partial charge in [0.05, 0.1) is 10.6 Å². The SMILES string of the molecule is FC(F)(F)c1cnc(SCCCCNC2CC2)c(Cl)c1. The second-order valence-corrected chi connectivity index (χ2v) is 6.28. The highest BCUT2D eigenvalue weighted by Gasteiger charge is 2.31. The number of halogens is 4. The van der Waals surface area contributed by atoms with Crippen LogP contribution in [0.3, 0.4) is 0 Å². The maximum atomic E-state index is 12.4. The van der Waals surface area contributed by atoms with Crippen molar-refractivity contribution >= 4 is 23.4 Å². The van der Waals surface area contributed by atoms with Crippen LogP contribution in [0.25, 0.3) is 0 Å².